The molecule has 0 aliphatic carbocycles. The number of ether oxygens (including phenoxy) is 1. The Morgan fingerprint density at radius 2 is 0.614 bits per heavy atom. The van der Waals surface area contributed by atoms with E-state index in [-0.39, 0.29) is 0 Å². The van der Waals surface area contributed by atoms with Crippen molar-refractivity contribution in [2.24, 2.45) is 0 Å². The summed E-state index contributed by atoms with van der Waals surface area (Å²) in [6.07, 6.45) is 53.8. The summed E-state index contributed by atoms with van der Waals surface area (Å²) >= 11 is 0. The molecule has 0 heterocycles. The van der Waals surface area contributed by atoms with Crippen LogP contribution in [0.5, 0.6) is 0 Å². The molecule has 0 amide bonds. The van der Waals surface area contributed by atoms with Crippen molar-refractivity contribution in [3.63, 3.8) is 0 Å². The maximum atomic E-state index is 10.3. The Balaban J connectivity index is 3.08. The molecular weight excluding hydrogens is 540 g/mol. The van der Waals surface area contributed by atoms with Gasteiger partial charge in [-0.25, -0.2) is 4.79 Å². The minimum atomic E-state index is -1.15. The zero-order chi connectivity index (χ0) is 31.9. The maximum Gasteiger partial charge on any atom is 0.505 e. The summed E-state index contributed by atoms with van der Waals surface area (Å²) < 4.78 is 4.52. The number of hydrogen-bond acceptors (Lipinski definition) is 2. The quantitative estimate of drug-likeness (QED) is 0.0424. The number of carboxylic acid groups (broad SMARTS) is 1. The summed E-state index contributed by atoms with van der Waals surface area (Å²) in [6.45, 7) is 2.65. The molecule has 3 heteroatoms. The van der Waals surface area contributed by atoms with Crippen LogP contribution in [0.1, 0.15) is 238 Å². The highest BCUT2D eigenvalue weighted by molar-refractivity contribution is 5.56. The molecule has 0 saturated carbocycles. The van der Waals surface area contributed by atoms with Crippen molar-refractivity contribution in [2.45, 2.75) is 238 Å². The lowest BCUT2D eigenvalue weighted by Crippen LogP contribution is -2.01. The number of hydrogen-bond donors (Lipinski definition) is 1. The Bertz CT molecular complexity index is 558. The van der Waals surface area contributed by atoms with Crippen LogP contribution < -0.4 is 0 Å². The van der Waals surface area contributed by atoms with Gasteiger partial charge in [-0.1, -0.05) is 218 Å². The van der Waals surface area contributed by atoms with E-state index >= 15 is 0 Å². The third kappa shape index (κ3) is 41.0. The van der Waals surface area contributed by atoms with Gasteiger partial charge in [0.05, 0.1) is 6.61 Å². The van der Waals surface area contributed by atoms with Crippen LogP contribution >= 0.6 is 0 Å². The first-order chi connectivity index (χ1) is 21.8. The second-order valence-electron chi connectivity index (χ2n) is 13.8. The molecule has 0 aromatic rings. The number of allylic oxidation sites excluding steroid dienone is 2. The molecule has 0 fully saturated rings. The largest absolute Gasteiger partial charge is 0.505 e. The van der Waals surface area contributed by atoms with E-state index in [0.717, 1.165) is 12.8 Å². The van der Waals surface area contributed by atoms with Crippen LogP contribution in [-0.2, 0) is 4.74 Å². The van der Waals surface area contributed by atoms with Crippen LogP contribution in [0.25, 0.3) is 0 Å². The van der Waals surface area contributed by atoms with Crippen LogP contribution in [0.2, 0.25) is 0 Å². The Morgan fingerprint density at radius 3 is 0.864 bits per heavy atom. The molecule has 3 nitrogen and oxygen atoms in total. The molecule has 262 valence electrons. The highest BCUT2D eigenvalue weighted by Crippen LogP contribution is 2.16. The molecule has 0 bridgehead atoms. The zero-order valence-electron chi connectivity index (χ0n) is 30.1. The van der Waals surface area contributed by atoms with Gasteiger partial charge in [-0.3, -0.25) is 0 Å². The van der Waals surface area contributed by atoms with Gasteiger partial charge in [0.25, 0.3) is 0 Å². The number of rotatable bonds is 38. The van der Waals surface area contributed by atoms with Crippen LogP contribution in [0.4, 0.5) is 4.79 Å². The van der Waals surface area contributed by atoms with Crippen molar-refractivity contribution < 1.29 is 14.6 Å². The Hall–Kier alpha value is -0.990. The average Bonchev–Trinajstić information content (AvgIpc) is 3.02. The second-order valence-corrected chi connectivity index (χ2v) is 13.8. The molecule has 0 radical (unpaired) electrons. The van der Waals surface area contributed by atoms with E-state index in [9.17, 15) is 4.79 Å². The summed E-state index contributed by atoms with van der Waals surface area (Å²) in [5, 5.41) is 8.42. The normalized spacial score (nSPS) is 11.6. The predicted molar refractivity (Wildman–Crippen MR) is 195 cm³/mol. The lowest BCUT2D eigenvalue weighted by atomic mass is 10.0. The lowest BCUT2D eigenvalue weighted by molar-refractivity contribution is 0.0899. The summed E-state index contributed by atoms with van der Waals surface area (Å²) in [5.74, 6) is 0. The maximum absolute atomic E-state index is 10.3. The third-order valence-corrected chi connectivity index (χ3v) is 9.38. The highest BCUT2D eigenvalue weighted by Gasteiger charge is 1.98. The van der Waals surface area contributed by atoms with Crippen molar-refractivity contribution in [1.82, 2.24) is 0 Å². The fourth-order valence-corrected chi connectivity index (χ4v) is 6.40. The molecule has 0 saturated heterocycles. The van der Waals surface area contributed by atoms with Crippen molar-refractivity contribution in [3.8, 4) is 0 Å². The third-order valence-electron chi connectivity index (χ3n) is 9.38. The molecule has 1 N–H and O–H groups in total. The number of carbonyl (C=O) groups is 1. The first kappa shape index (κ1) is 43.0. The van der Waals surface area contributed by atoms with E-state index in [1.165, 1.54) is 218 Å². The minimum Gasteiger partial charge on any atom is -0.450 e. The number of unbranched alkanes of at least 4 members (excludes halogenated alkanes) is 34. The van der Waals surface area contributed by atoms with E-state index in [1.54, 1.807) is 0 Å². The zero-order valence-corrected chi connectivity index (χ0v) is 30.1. The fourth-order valence-electron chi connectivity index (χ4n) is 6.40. The van der Waals surface area contributed by atoms with Crippen LogP contribution in [0.15, 0.2) is 12.2 Å². The van der Waals surface area contributed by atoms with E-state index in [0.29, 0.717) is 6.61 Å². The van der Waals surface area contributed by atoms with Crippen molar-refractivity contribution in [1.29, 1.82) is 0 Å². The summed E-state index contributed by atoms with van der Waals surface area (Å²) in [5.41, 5.74) is 0. The Labute approximate surface area is 277 Å². The molecule has 0 aromatic carbocycles. The molecule has 44 heavy (non-hydrogen) atoms. The van der Waals surface area contributed by atoms with Gasteiger partial charge in [-0.05, 0) is 32.1 Å². The van der Waals surface area contributed by atoms with Gasteiger partial charge >= 0.3 is 6.16 Å². The molecule has 0 aliphatic heterocycles. The predicted octanol–water partition coefficient (Wildman–Crippen LogP) is 15.3. The standard InChI is InChI=1S/C41H80O3/c1-2-3-4-5-6-7-8-9-10-11-12-13-14-15-16-17-18-19-20-21-22-23-24-25-26-27-28-29-30-31-32-33-34-35-36-37-38-39-40-44-41(42)43/h31-32H,2-30,33-40H2,1H3,(H,42,43)/b32-31-. The molecule has 0 aliphatic rings. The average molecular weight is 621 g/mol. The first-order valence-electron chi connectivity index (χ1n) is 20.3. The van der Waals surface area contributed by atoms with Gasteiger partial charge in [0.2, 0.25) is 0 Å². The molecular formula is C41H80O3. The smallest absolute Gasteiger partial charge is 0.450 e. The Kier molecular flexibility index (Phi) is 39.1. The van der Waals surface area contributed by atoms with Crippen molar-refractivity contribution in [2.75, 3.05) is 6.61 Å². The van der Waals surface area contributed by atoms with Gasteiger partial charge in [-0.15, -0.1) is 0 Å². The van der Waals surface area contributed by atoms with E-state index in [1.807, 2.05) is 0 Å². The summed E-state index contributed by atoms with van der Waals surface area (Å²) in [7, 11) is 0. The molecule has 0 rings (SSSR count). The van der Waals surface area contributed by atoms with Gasteiger partial charge in [0, 0.05) is 0 Å². The van der Waals surface area contributed by atoms with Crippen LogP contribution in [-0.4, -0.2) is 17.9 Å². The van der Waals surface area contributed by atoms with Crippen molar-refractivity contribution >= 4 is 6.16 Å². The second kappa shape index (κ2) is 40.0. The van der Waals surface area contributed by atoms with E-state index < -0.39 is 6.16 Å². The van der Waals surface area contributed by atoms with E-state index in [4.69, 9.17) is 5.11 Å². The fraction of sp³-hybridized carbons (Fsp3) is 0.927. The Morgan fingerprint density at radius 1 is 0.386 bits per heavy atom. The molecule has 0 aromatic heterocycles. The lowest BCUT2D eigenvalue weighted by Gasteiger charge is -2.04. The molecule has 0 spiro atoms. The molecule has 0 atom stereocenters. The van der Waals surface area contributed by atoms with Crippen LogP contribution in [0.3, 0.4) is 0 Å². The summed E-state index contributed by atoms with van der Waals surface area (Å²) in [4.78, 5) is 10.3. The molecule has 0 unspecified atom stereocenters. The topological polar surface area (TPSA) is 46.5 Å². The van der Waals surface area contributed by atoms with Gasteiger partial charge < -0.3 is 9.84 Å². The van der Waals surface area contributed by atoms with Crippen molar-refractivity contribution in [3.05, 3.63) is 12.2 Å². The SMILES string of the molecule is CCCCCCCCCCCCCCCCCCCCCCCCCCCCCC/C=C\CCCCCCCCOC(=O)O. The first-order valence-corrected chi connectivity index (χ1v) is 20.3. The van der Waals surface area contributed by atoms with E-state index in [2.05, 4.69) is 23.8 Å². The van der Waals surface area contributed by atoms with Gasteiger partial charge in [0.1, 0.15) is 0 Å². The van der Waals surface area contributed by atoms with Crippen LogP contribution in [0, 0.1) is 0 Å². The highest BCUT2D eigenvalue weighted by atomic mass is 16.7. The monoisotopic (exact) mass is 621 g/mol. The van der Waals surface area contributed by atoms with Gasteiger partial charge in [-0.2, -0.15) is 0 Å². The summed E-state index contributed by atoms with van der Waals surface area (Å²) in [6, 6.07) is 0. The van der Waals surface area contributed by atoms with Gasteiger partial charge in [0.15, 0.2) is 0 Å². The minimum absolute atomic E-state index is 0.345.